The molecule has 2 saturated carbocycles. The third kappa shape index (κ3) is 2.86. The fourth-order valence-corrected chi connectivity index (χ4v) is 3.76. The van der Waals surface area contributed by atoms with Gasteiger partial charge in [-0.15, -0.1) is 11.8 Å². The number of hydrogen-bond donors (Lipinski definition) is 1. The van der Waals surface area contributed by atoms with Crippen LogP contribution < -0.4 is 5.32 Å². The topological polar surface area (TPSA) is 56.1 Å². The number of hydrogen-bond acceptors (Lipinski definition) is 5. The largest absolute Gasteiger partial charge is 0.468 e. The lowest BCUT2D eigenvalue weighted by molar-refractivity contribution is -0.148. The van der Waals surface area contributed by atoms with Crippen molar-refractivity contribution in [1.82, 2.24) is 15.1 Å². The van der Waals surface area contributed by atoms with Gasteiger partial charge in [0.05, 0.1) is 13.3 Å². The molecule has 20 heavy (non-hydrogen) atoms. The van der Waals surface area contributed by atoms with E-state index in [0.717, 1.165) is 17.7 Å². The SMILES string of the molecule is COC(=O)C(CSc1cnn(C)c1)(NC1CC1)C1CC1. The zero-order valence-electron chi connectivity index (χ0n) is 12.0. The molecule has 1 aromatic heterocycles. The van der Waals surface area contributed by atoms with Gasteiger partial charge in [-0.05, 0) is 31.6 Å². The van der Waals surface area contributed by atoms with Crippen LogP contribution in [0.4, 0.5) is 0 Å². The number of aryl methyl sites for hydroxylation is 1. The average Bonchev–Trinajstić information content (AvgIpc) is 3.34. The standard InChI is InChI=1S/C14H21N3O2S/c1-17-8-12(7-15-17)20-9-14(10-3-4-10,13(18)19-2)16-11-5-6-11/h7-8,10-11,16H,3-6,9H2,1-2H3. The molecule has 5 nitrogen and oxygen atoms in total. The first kappa shape index (κ1) is 13.9. The van der Waals surface area contributed by atoms with E-state index in [9.17, 15) is 4.79 Å². The summed E-state index contributed by atoms with van der Waals surface area (Å²) in [4.78, 5) is 13.5. The van der Waals surface area contributed by atoms with Crippen molar-refractivity contribution in [3.63, 3.8) is 0 Å². The van der Waals surface area contributed by atoms with Crippen molar-refractivity contribution in [2.75, 3.05) is 12.9 Å². The van der Waals surface area contributed by atoms with Gasteiger partial charge in [0.2, 0.25) is 0 Å². The summed E-state index contributed by atoms with van der Waals surface area (Å²) in [6.07, 6.45) is 8.39. The molecule has 0 amide bonds. The molecule has 1 atom stereocenters. The van der Waals surface area contributed by atoms with E-state index in [1.54, 1.807) is 16.4 Å². The predicted molar refractivity (Wildman–Crippen MR) is 77.6 cm³/mol. The highest BCUT2D eigenvalue weighted by Gasteiger charge is 2.53. The zero-order valence-corrected chi connectivity index (χ0v) is 12.8. The predicted octanol–water partition coefficient (Wildman–Crippen LogP) is 1.59. The molecule has 110 valence electrons. The fourth-order valence-electron chi connectivity index (χ4n) is 2.58. The molecule has 0 bridgehead atoms. The lowest BCUT2D eigenvalue weighted by Crippen LogP contribution is -2.57. The van der Waals surface area contributed by atoms with Crippen molar-refractivity contribution < 1.29 is 9.53 Å². The first-order chi connectivity index (χ1) is 9.64. The molecule has 1 aromatic rings. The minimum atomic E-state index is -0.517. The molecule has 3 rings (SSSR count). The Bertz CT molecular complexity index is 496. The number of nitrogens with one attached hydrogen (secondary N) is 1. The maximum Gasteiger partial charge on any atom is 0.327 e. The normalized spacial score (nSPS) is 21.5. The van der Waals surface area contributed by atoms with Gasteiger partial charge in [-0.2, -0.15) is 5.10 Å². The monoisotopic (exact) mass is 295 g/mol. The highest BCUT2D eigenvalue weighted by molar-refractivity contribution is 7.99. The van der Waals surface area contributed by atoms with Crippen LogP contribution in [0.5, 0.6) is 0 Å². The van der Waals surface area contributed by atoms with Gasteiger partial charge in [-0.3, -0.25) is 14.8 Å². The number of aromatic nitrogens is 2. The molecule has 0 spiro atoms. The van der Waals surface area contributed by atoms with Gasteiger partial charge in [-0.1, -0.05) is 0 Å². The summed E-state index contributed by atoms with van der Waals surface area (Å²) in [5.41, 5.74) is -0.517. The molecule has 6 heteroatoms. The van der Waals surface area contributed by atoms with Crippen molar-refractivity contribution in [3.05, 3.63) is 12.4 Å². The van der Waals surface area contributed by atoms with Crippen LogP contribution in [-0.4, -0.2) is 40.2 Å². The van der Waals surface area contributed by atoms with E-state index in [2.05, 4.69) is 10.4 Å². The third-order valence-electron chi connectivity index (χ3n) is 4.01. The van der Waals surface area contributed by atoms with E-state index < -0.39 is 5.54 Å². The van der Waals surface area contributed by atoms with E-state index >= 15 is 0 Å². The van der Waals surface area contributed by atoms with Crippen LogP contribution in [-0.2, 0) is 16.6 Å². The quantitative estimate of drug-likeness (QED) is 0.611. The Balaban J connectivity index is 1.74. The number of carbonyl (C=O) groups excluding carboxylic acids is 1. The second kappa shape index (κ2) is 5.41. The average molecular weight is 295 g/mol. The summed E-state index contributed by atoms with van der Waals surface area (Å²) in [5.74, 6) is 1.02. The van der Waals surface area contributed by atoms with Crippen LogP contribution in [0.15, 0.2) is 17.3 Å². The van der Waals surface area contributed by atoms with Gasteiger partial charge in [0.25, 0.3) is 0 Å². The summed E-state index contributed by atoms with van der Waals surface area (Å²) in [7, 11) is 3.39. The van der Waals surface area contributed by atoms with Crippen LogP contribution in [0.3, 0.4) is 0 Å². The first-order valence-electron chi connectivity index (χ1n) is 7.11. The maximum atomic E-state index is 12.4. The van der Waals surface area contributed by atoms with Crippen LogP contribution in [0, 0.1) is 5.92 Å². The van der Waals surface area contributed by atoms with Gasteiger partial charge in [0.1, 0.15) is 5.54 Å². The third-order valence-corrected chi connectivity index (χ3v) is 5.15. The minimum absolute atomic E-state index is 0.108. The second-order valence-electron chi connectivity index (χ2n) is 5.79. The highest BCUT2D eigenvalue weighted by Crippen LogP contribution is 2.44. The van der Waals surface area contributed by atoms with Crippen molar-refractivity contribution in [2.24, 2.45) is 13.0 Å². The summed E-state index contributed by atoms with van der Waals surface area (Å²) in [5, 5.41) is 7.75. The second-order valence-corrected chi connectivity index (χ2v) is 6.84. The molecule has 1 unspecified atom stereocenters. The number of ether oxygens (including phenoxy) is 1. The lowest BCUT2D eigenvalue weighted by Gasteiger charge is -2.32. The van der Waals surface area contributed by atoms with E-state index in [-0.39, 0.29) is 5.97 Å². The van der Waals surface area contributed by atoms with Gasteiger partial charge in [0, 0.05) is 29.9 Å². The van der Waals surface area contributed by atoms with Crippen LogP contribution in [0.25, 0.3) is 0 Å². The Morgan fingerprint density at radius 1 is 1.55 bits per heavy atom. The first-order valence-corrected chi connectivity index (χ1v) is 8.10. The summed E-state index contributed by atoms with van der Waals surface area (Å²) < 4.78 is 6.89. The fraction of sp³-hybridized carbons (Fsp3) is 0.714. The molecule has 0 radical (unpaired) electrons. The molecular formula is C14H21N3O2S. The molecule has 2 fully saturated rings. The smallest absolute Gasteiger partial charge is 0.327 e. The number of methoxy groups -OCH3 is 1. The Labute approximate surface area is 123 Å². The van der Waals surface area contributed by atoms with Gasteiger partial charge in [-0.25, -0.2) is 0 Å². The number of rotatable bonds is 7. The molecule has 2 aliphatic carbocycles. The van der Waals surface area contributed by atoms with Crippen molar-refractivity contribution >= 4 is 17.7 Å². The van der Waals surface area contributed by atoms with Gasteiger partial charge >= 0.3 is 5.97 Å². The van der Waals surface area contributed by atoms with Crippen LogP contribution >= 0.6 is 11.8 Å². The van der Waals surface area contributed by atoms with E-state index in [0.29, 0.717) is 17.7 Å². The molecular weight excluding hydrogens is 274 g/mol. The molecule has 1 N–H and O–H groups in total. The summed E-state index contributed by atoms with van der Waals surface area (Å²) in [6, 6.07) is 0.490. The van der Waals surface area contributed by atoms with Crippen LogP contribution in [0.2, 0.25) is 0 Å². The molecule has 1 heterocycles. The number of nitrogens with zero attached hydrogens (tertiary/aromatic N) is 2. The Kier molecular flexibility index (Phi) is 3.77. The van der Waals surface area contributed by atoms with Crippen molar-refractivity contribution in [3.8, 4) is 0 Å². The maximum absolute atomic E-state index is 12.4. The minimum Gasteiger partial charge on any atom is -0.468 e. The highest BCUT2D eigenvalue weighted by atomic mass is 32.2. The summed E-state index contributed by atoms with van der Waals surface area (Å²) in [6.45, 7) is 0. The van der Waals surface area contributed by atoms with E-state index in [1.165, 1.54) is 20.0 Å². The van der Waals surface area contributed by atoms with Crippen molar-refractivity contribution in [2.45, 2.75) is 42.2 Å². The number of esters is 1. The lowest BCUT2D eigenvalue weighted by atomic mass is 9.95. The molecule has 0 aromatic carbocycles. The Hall–Kier alpha value is -1.01. The van der Waals surface area contributed by atoms with Crippen molar-refractivity contribution in [1.29, 1.82) is 0 Å². The van der Waals surface area contributed by atoms with E-state index in [1.807, 2.05) is 19.4 Å². The number of carbonyl (C=O) groups is 1. The van der Waals surface area contributed by atoms with Gasteiger partial charge < -0.3 is 4.74 Å². The zero-order chi connectivity index (χ0) is 14.2. The Morgan fingerprint density at radius 2 is 2.30 bits per heavy atom. The summed E-state index contributed by atoms with van der Waals surface area (Å²) >= 11 is 1.68. The van der Waals surface area contributed by atoms with Gasteiger partial charge in [0.15, 0.2) is 0 Å². The van der Waals surface area contributed by atoms with E-state index in [4.69, 9.17) is 4.74 Å². The number of thioether (sulfide) groups is 1. The Morgan fingerprint density at radius 3 is 2.80 bits per heavy atom. The van der Waals surface area contributed by atoms with Crippen LogP contribution in [0.1, 0.15) is 25.7 Å². The molecule has 0 saturated heterocycles. The molecule has 0 aliphatic heterocycles. The molecule has 2 aliphatic rings.